The van der Waals surface area contributed by atoms with Gasteiger partial charge in [-0.25, -0.2) is 9.37 Å². The van der Waals surface area contributed by atoms with Crippen LogP contribution >= 0.6 is 0 Å². The van der Waals surface area contributed by atoms with Crippen LogP contribution in [0, 0.1) is 17.2 Å². The highest BCUT2D eigenvalue weighted by Gasteiger charge is 2.54. The van der Waals surface area contributed by atoms with Gasteiger partial charge in [-0.05, 0) is 54.1 Å². The Bertz CT molecular complexity index is 1640. The van der Waals surface area contributed by atoms with Crippen LogP contribution in [-0.4, -0.2) is 20.9 Å². The van der Waals surface area contributed by atoms with Crippen molar-refractivity contribution in [2.45, 2.75) is 25.9 Å². The average Bonchev–Trinajstić information content (AvgIpc) is 3.39. The van der Waals surface area contributed by atoms with Gasteiger partial charge < -0.3 is 4.98 Å². The number of hydrogen-bond acceptors (Lipinski definition) is 3. The lowest BCUT2D eigenvalue weighted by Gasteiger charge is -2.33. The van der Waals surface area contributed by atoms with Crippen molar-refractivity contribution in [3.63, 3.8) is 0 Å². The molecule has 0 bridgehead atoms. The van der Waals surface area contributed by atoms with Gasteiger partial charge in [0.05, 0.1) is 33.9 Å². The van der Waals surface area contributed by atoms with Crippen LogP contribution in [-0.2, 0) is 11.0 Å². The van der Waals surface area contributed by atoms with E-state index < -0.39 is 23.0 Å². The van der Waals surface area contributed by atoms with E-state index in [0.29, 0.717) is 22.3 Å². The number of benzene rings is 2. The van der Waals surface area contributed by atoms with Gasteiger partial charge in [0.1, 0.15) is 11.6 Å². The fraction of sp³-hybridized carbons (Fsp3) is 0.207. The molecule has 5 nitrogen and oxygen atoms in total. The van der Waals surface area contributed by atoms with E-state index in [1.807, 2.05) is 32.1 Å². The van der Waals surface area contributed by atoms with Crippen molar-refractivity contribution < 1.29 is 22.4 Å². The number of alkyl halides is 3. The zero-order chi connectivity index (χ0) is 26.8. The van der Waals surface area contributed by atoms with E-state index in [0.717, 1.165) is 11.8 Å². The number of amides is 1. The maximum atomic E-state index is 14.1. The Labute approximate surface area is 215 Å². The lowest BCUT2D eigenvalue weighted by molar-refractivity contribution is -0.137. The summed E-state index contributed by atoms with van der Waals surface area (Å²) >= 11 is 0. The molecule has 1 amide bonds. The van der Waals surface area contributed by atoms with Crippen LogP contribution in [0.5, 0.6) is 0 Å². The van der Waals surface area contributed by atoms with Crippen LogP contribution in [0.3, 0.4) is 0 Å². The number of fused-ring (bicyclic) bond motifs is 2. The summed E-state index contributed by atoms with van der Waals surface area (Å²) in [5, 5.41) is 0. The van der Waals surface area contributed by atoms with Gasteiger partial charge in [-0.15, -0.1) is 0 Å². The van der Waals surface area contributed by atoms with E-state index in [2.05, 4.69) is 15.0 Å². The first-order chi connectivity index (χ1) is 18.1. The molecule has 1 saturated heterocycles. The summed E-state index contributed by atoms with van der Waals surface area (Å²) in [5.74, 6) is -1.33. The van der Waals surface area contributed by atoms with E-state index in [-0.39, 0.29) is 29.1 Å². The number of rotatable bonds is 3. The van der Waals surface area contributed by atoms with E-state index in [1.165, 1.54) is 30.3 Å². The van der Waals surface area contributed by atoms with E-state index in [1.54, 1.807) is 29.4 Å². The second-order valence-electron chi connectivity index (χ2n) is 10.1. The second kappa shape index (κ2) is 8.37. The van der Waals surface area contributed by atoms with Crippen LogP contribution < -0.4 is 4.90 Å². The number of hydrogen-bond donors (Lipinski definition) is 1. The predicted octanol–water partition coefficient (Wildman–Crippen LogP) is 7.01. The van der Waals surface area contributed by atoms with Crippen molar-refractivity contribution in [2.75, 3.05) is 4.90 Å². The van der Waals surface area contributed by atoms with Crippen molar-refractivity contribution in [3.05, 3.63) is 102 Å². The first-order valence-corrected chi connectivity index (χ1v) is 12.1. The van der Waals surface area contributed by atoms with Crippen LogP contribution in [0.1, 0.15) is 30.9 Å². The molecule has 2 aromatic carbocycles. The number of halogens is 4. The molecular formula is C29H22F4N4O. The van der Waals surface area contributed by atoms with Crippen LogP contribution in [0.15, 0.2) is 84.8 Å². The zero-order valence-electron chi connectivity index (χ0n) is 20.4. The number of carbonyl (C=O) groups is 1. The smallest absolute Gasteiger partial charge is 0.338 e. The van der Waals surface area contributed by atoms with Crippen LogP contribution in [0.4, 0.5) is 23.2 Å². The summed E-state index contributed by atoms with van der Waals surface area (Å²) in [5.41, 5.74) is 0.847. The summed E-state index contributed by atoms with van der Waals surface area (Å²) in [6.07, 6.45) is 4.23. The summed E-state index contributed by atoms with van der Waals surface area (Å²) in [4.78, 5) is 26.6. The second-order valence-corrected chi connectivity index (χ2v) is 10.1. The summed E-state index contributed by atoms with van der Waals surface area (Å²) in [7, 11) is 0. The molecule has 2 atom stereocenters. The van der Waals surface area contributed by atoms with Gasteiger partial charge in [0, 0.05) is 29.3 Å². The number of carbonyl (C=O) groups excluding carboxylic acids is 1. The van der Waals surface area contributed by atoms with Crippen molar-refractivity contribution in [3.8, 4) is 11.4 Å². The Morgan fingerprint density at radius 1 is 1.08 bits per heavy atom. The zero-order valence-corrected chi connectivity index (χ0v) is 20.4. The average molecular weight is 519 g/mol. The van der Waals surface area contributed by atoms with Gasteiger partial charge in [-0.3, -0.25) is 14.7 Å². The number of nitrogens with one attached hydrogen (secondary N) is 1. The number of imidazole rings is 1. The van der Waals surface area contributed by atoms with Gasteiger partial charge >= 0.3 is 6.18 Å². The van der Waals surface area contributed by atoms with E-state index in [9.17, 15) is 22.4 Å². The molecule has 0 saturated carbocycles. The summed E-state index contributed by atoms with van der Waals surface area (Å²) in [6.45, 7) is 3.71. The number of pyridine rings is 1. The molecule has 6 rings (SSSR count). The molecule has 1 fully saturated rings. The summed E-state index contributed by atoms with van der Waals surface area (Å²) in [6, 6.07) is 11.4. The van der Waals surface area contributed by atoms with Gasteiger partial charge in [0.2, 0.25) is 5.91 Å². The normalized spacial score (nSPS) is 20.6. The first-order valence-electron chi connectivity index (χ1n) is 12.1. The third-order valence-corrected chi connectivity index (χ3v) is 7.39. The third-order valence-electron chi connectivity index (χ3n) is 7.39. The molecule has 192 valence electrons. The highest BCUT2D eigenvalue weighted by molar-refractivity contribution is 6.04. The topological polar surface area (TPSA) is 61.9 Å². The number of nitrogens with zero attached hydrogens (tertiary/aromatic N) is 3. The molecule has 0 spiro atoms. The van der Waals surface area contributed by atoms with Crippen molar-refractivity contribution in [1.29, 1.82) is 0 Å². The van der Waals surface area contributed by atoms with E-state index >= 15 is 0 Å². The minimum absolute atomic E-state index is 0.00549. The quantitative estimate of drug-likeness (QED) is 0.297. The van der Waals surface area contributed by atoms with Crippen molar-refractivity contribution in [1.82, 2.24) is 15.0 Å². The van der Waals surface area contributed by atoms with Crippen molar-refractivity contribution in [2.24, 2.45) is 11.3 Å². The molecule has 1 aliphatic heterocycles. The number of aromatic amines is 1. The Morgan fingerprint density at radius 3 is 2.63 bits per heavy atom. The number of aromatic nitrogens is 3. The molecule has 2 unspecified atom stereocenters. The van der Waals surface area contributed by atoms with Gasteiger partial charge in [0.25, 0.3) is 0 Å². The van der Waals surface area contributed by atoms with Gasteiger partial charge in [-0.2, -0.15) is 13.2 Å². The SMILES string of the molecule is CC1(C)C(=O)N(c2cccnc2)C2=CC=CC(c3ccc(C(F)(F)F)c(-c4nc5ccc(F)cc5[nH]4)c3)C21. The third kappa shape index (κ3) is 3.72. The van der Waals surface area contributed by atoms with Gasteiger partial charge in [-0.1, -0.05) is 32.1 Å². The lowest BCUT2D eigenvalue weighted by Crippen LogP contribution is -2.32. The Kier molecular flexibility index (Phi) is 5.31. The highest BCUT2D eigenvalue weighted by atomic mass is 19.4. The number of anilines is 1. The van der Waals surface area contributed by atoms with Crippen LogP contribution in [0.25, 0.3) is 22.4 Å². The molecular weight excluding hydrogens is 496 g/mol. The highest BCUT2D eigenvalue weighted by Crippen LogP contribution is 2.54. The van der Waals surface area contributed by atoms with E-state index in [4.69, 9.17) is 0 Å². The maximum Gasteiger partial charge on any atom is 0.417 e. The molecule has 2 aliphatic rings. The molecule has 0 radical (unpaired) electrons. The monoisotopic (exact) mass is 518 g/mol. The molecule has 4 aromatic rings. The standard InChI is InChI=1S/C29H22F4N4O/c1-28(2)25-19(6-3-7-24(25)37(27(28)38)18-5-4-12-34-15-18)16-8-10-21(29(31,32)33)20(13-16)26-35-22-11-9-17(30)14-23(22)36-26/h3-15,19,25H,1-2H3,(H,35,36). The number of allylic oxidation sites excluding steroid dienone is 4. The Morgan fingerprint density at radius 2 is 1.89 bits per heavy atom. The summed E-state index contributed by atoms with van der Waals surface area (Å²) < 4.78 is 56.0. The lowest BCUT2D eigenvalue weighted by atomic mass is 9.68. The number of H-pyrrole nitrogens is 1. The van der Waals surface area contributed by atoms with Gasteiger partial charge in [0.15, 0.2) is 0 Å². The minimum Gasteiger partial charge on any atom is -0.338 e. The molecule has 9 heteroatoms. The molecule has 3 heterocycles. The fourth-order valence-corrected chi connectivity index (χ4v) is 5.62. The Hall–Kier alpha value is -4.27. The Balaban J connectivity index is 1.48. The molecule has 1 N–H and O–H groups in total. The first kappa shape index (κ1) is 24.1. The predicted molar refractivity (Wildman–Crippen MR) is 135 cm³/mol. The maximum absolute atomic E-state index is 14.1. The molecule has 38 heavy (non-hydrogen) atoms. The van der Waals surface area contributed by atoms with Crippen molar-refractivity contribution >= 4 is 22.6 Å². The molecule has 2 aromatic heterocycles. The largest absolute Gasteiger partial charge is 0.417 e. The fourth-order valence-electron chi connectivity index (χ4n) is 5.62. The van der Waals surface area contributed by atoms with Crippen LogP contribution in [0.2, 0.25) is 0 Å². The minimum atomic E-state index is -4.63. The molecule has 1 aliphatic carbocycles.